The van der Waals surface area contributed by atoms with Crippen molar-refractivity contribution < 1.29 is 18.7 Å². The van der Waals surface area contributed by atoms with Crippen LogP contribution < -0.4 is 21.5 Å². The number of alkyl halides is 1. The minimum absolute atomic E-state index is 0.0392. The SMILES string of the molecule is CC(F)(CCCCCN1CNc2c1nc(N)[nH]c2=O)P(=O)(O)O. The molecule has 0 saturated carbocycles. The Morgan fingerprint density at radius 1 is 1.43 bits per heavy atom. The van der Waals surface area contributed by atoms with Crippen LogP contribution in [0.1, 0.15) is 32.6 Å². The summed E-state index contributed by atoms with van der Waals surface area (Å²) < 4.78 is 24.7. The summed E-state index contributed by atoms with van der Waals surface area (Å²) in [6.45, 7) is 1.93. The van der Waals surface area contributed by atoms with E-state index in [1.165, 1.54) is 0 Å². The van der Waals surface area contributed by atoms with Gasteiger partial charge in [0.15, 0.2) is 5.82 Å². The summed E-state index contributed by atoms with van der Waals surface area (Å²) in [6, 6.07) is 0. The average molecular weight is 349 g/mol. The highest BCUT2D eigenvalue weighted by atomic mass is 31.2. The van der Waals surface area contributed by atoms with Crippen LogP contribution in [0.5, 0.6) is 0 Å². The predicted molar refractivity (Wildman–Crippen MR) is 85.1 cm³/mol. The molecule has 0 radical (unpaired) electrons. The fourth-order valence-corrected chi connectivity index (χ4v) is 2.82. The lowest BCUT2D eigenvalue weighted by Crippen LogP contribution is -2.25. The monoisotopic (exact) mass is 349 g/mol. The molecule has 6 N–H and O–H groups in total. The minimum Gasteiger partial charge on any atom is -0.369 e. The van der Waals surface area contributed by atoms with Crippen LogP contribution in [-0.2, 0) is 4.57 Å². The van der Waals surface area contributed by atoms with Gasteiger partial charge in [-0.3, -0.25) is 14.3 Å². The van der Waals surface area contributed by atoms with Gasteiger partial charge in [-0.15, -0.1) is 0 Å². The molecule has 1 aliphatic rings. The number of anilines is 3. The topological polar surface area (TPSA) is 145 Å². The summed E-state index contributed by atoms with van der Waals surface area (Å²) in [7, 11) is -4.74. The van der Waals surface area contributed by atoms with E-state index in [-0.39, 0.29) is 17.9 Å². The number of rotatable bonds is 7. The molecular formula is C12H21FN5O4P. The Kier molecular flexibility index (Phi) is 4.98. The van der Waals surface area contributed by atoms with Crippen LogP contribution in [0, 0.1) is 0 Å². The molecule has 2 rings (SSSR count). The Morgan fingerprint density at radius 2 is 2.13 bits per heavy atom. The van der Waals surface area contributed by atoms with Crippen molar-refractivity contribution in [2.24, 2.45) is 0 Å². The van der Waals surface area contributed by atoms with E-state index < -0.39 is 13.0 Å². The van der Waals surface area contributed by atoms with Crippen molar-refractivity contribution in [3.05, 3.63) is 10.4 Å². The quantitative estimate of drug-likeness (QED) is 0.362. The smallest absolute Gasteiger partial charge is 0.362 e. The fraction of sp³-hybridized carbons (Fsp3) is 0.667. The first kappa shape index (κ1) is 17.7. The highest BCUT2D eigenvalue weighted by Crippen LogP contribution is 2.53. The van der Waals surface area contributed by atoms with Gasteiger partial charge in [0.25, 0.3) is 5.56 Å². The highest BCUT2D eigenvalue weighted by Gasteiger charge is 2.42. The Morgan fingerprint density at radius 3 is 2.78 bits per heavy atom. The number of fused-ring (bicyclic) bond motifs is 1. The highest BCUT2D eigenvalue weighted by molar-refractivity contribution is 7.53. The molecule has 1 atom stereocenters. The van der Waals surface area contributed by atoms with E-state index in [4.69, 9.17) is 15.5 Å². The second-order valence-electron chi connectivity index (χ2n) is 5.75. The molecule has 0 aliphatic carbocycles. The van der Waals surface area contributed by atoms with E-state index in [0.717, 1.165) is 6.92 Å². The van der Waals surface area contributed by atoms with Crippen LogP contribution in [0.3, 0.4) is 0 Å². The second kappa shape index (κ2) is 6.46. The summed E-state index contributed by atoms with van der Waals surface area (Å²) in [5.74, 6) is 0.522. The Labute approximate surface area is 132 Å². The zero-order valence-corrected chi connectivity index (χ0v) is 13.6. The van der Waals surface area contributed by atoms with E-state index in [2.05, 4.69) is 15.3 Å². The molecule has 0 saturated heterocycles. The molecule has 2 heterocycles. The molecule has 0 fully saturated rings. The normalized spacial score (nSPS) is 16.8. The molecule has 130 valence electrons. The molecule has 1 unspecified atom stereocenters. The van der Waals surface area contributed by atoms with Crippen LogP contribution >= 0.6 is 7.60 Å². The number of nitrogens with zero attached hydrogens (tertiary/aromatic N) is 2. The number of H-pyrrole nitrogens is 1. The van der Waals surface area contributed by atoms with Gasteiger partial charge < -0.3 is 25.7 Å². The number of aromatic amines is 1. The van der Waals surface area contributed by atoms with Gasteiger partial charge in [0, 0.05) is 6.54 Å². The molecule has 0 amide bonds. The van der Waals surface area contributed by atoms with Crippen molar-refractivity contribution in [1.82, 2.24) is 9.97 Å². The van der Waals surface area contributed by atoms with Crippen molar-refractivity contribution in [2.45, 2.75) is 38.0 Å². The number of unbranched alkanes of at least 4 members (excludes halogenated alkanes) is 2. The molecule has 0 bridgehead atoms. The number of halogens is 1. The molecule has 23 heavy (non-hydrogen) atoms. The Balaban J connectivity index is 1.82. The number of nitrogen functional groups attached to an aromatic ring is 1. The van der Waals surface area contributed by atoms with Gasteiger partial charge in [0.05, 0.1) is 6.67 Å². The zero-order chi connectivity index (χ0) is 17.3. The van der Waals surface area contributed by atoms with Crippen LogP contribution in [0.25, 0.3) is 0 Å². The molecule has 11 heteroatoms. The van der Waals surface area contributed by atoms with Crippen molar-refractivity contribution >= 4 is 25.0 Å². The van der Waals surface area contributed by atoms with Crippen LogP contribution in [-0.4, -0.2) is 38.4 Å². The first-order valence-electron chi connectivity index (χ1n) is 7.25. The lowest BCUT2D eigenvalue weighted by molar-refractivity contribution is 0.204. The van der Waals surface area contributed by atoms with Gasteiger partial charge in [-0.1, -0.05) is 6.42 Å². The van der Waals surface area contributed by atoms with Gasteiger partial charge in [-0.25, -0.2) is 4.39 Å². The summed E-state index contributed by atoms with van der Waals surface area (Å²) in [6.07, 6.45) is 1.44. The maximum absolute atomic E-state index is 13.8. The average Bonchev–Trinajstić information content (AvgIpc) is 2.80. The number of aromatic nitrogens is 2. The lowest BCUT2D eigenvalue weighted by Gasteiger charge is -2.21. The third-order valence-electron chi connectivity index (χ3n) is 3.83. The summed E-state index contributed by atoms with van der Waals surface area (Å²) >= 11 is 0. The fourth-order valence-electron chi connectivity index (χ4n) is 2.37. The van der Waals surface area contributed by atoms with Crippen LogP contribution in [0.4, 0.5) is 21.8 Å². The summed E-state index contributed by atoms with van der Waals surface area (Å²) in [5, 5.41) is 0.444. The van der Waals surface area contributed by atoms with Gasteiger partial charge in [0.1, 0.15) is 5.69 Å². The van der Waals surface area contributed by atoms with E-state index >= 15 is 0 Å². The van der Waals surface area contributed by atoms with Crippen molar-refractivity contribution in [1.29, 1.82) is 0 Å². The van der Waals surface area contributed by atoms with Gasteiger partial charge >= 0.3 is 7.60 Å². The van der Waals surface area contributed by atoms with E-state index in [0.29, 0.717) is 44.0 Å². The third-order valence-corrected chi connectivity index (χ3v) is 5.27. The van der Waals surface area contributed by atoms with Crippen molar-refractivity contribution in [3.63, 3.8) is 0 Å². The largest absolute Gasteiger partial charge is 0.369 e. The van der Waals surface area contributed by atoms with Crippen molar-refractivity contribution in [3.8, 4) is 0 Å². The number of hydrogen-bond donors (Lipinski definition) is 5. The molecule has 1 aliphatic heterocycles. The molecule has 0 spiro atoms. The molecular weight excluding hydrogens is 328 g/mol. The summed E-state index contributed by atoms with van der Waals surface area (Å²) in [4.78, 5) is 37.8. The maximum atomic E-state index is 13.8. The van der Waals surface area contributed by atoms with Crippen molar-refractivity contribution in [2.75, 3.05) is 29.2 Å². The van der Waals surface area contributed by atoms with Gasteiger partial charge in [-0.2, -0.15) is 4.98 Å². The minimum atomic E-state index is -4.74. The second-order valence-corrected chi connectivity index (χ2v) is 7.77. The molecule has 9 nitrogen and oxygen atoms in total. The maximum Gasteiger partial charge on any atom is 0.362 e. The first-order chi connectivity index (χ1) is 10.6. The number of hydrogen-bond acceptors (Lipinski definition) is 6. The van der Waals surface area contributed by atoms with Crippen LogP contribution in [0.2, 0.25) is 0 Å². The number of nitrogens with one attached hydrogen (secondary N) is 2. The molecule has 1 aromatic heterocycles. The zero-order valence-electron chi connectivity index (χ0n) is 12.8. The van der Waals surface area contributed by atoms with Gasteiger partial charge in [-0.05, 0) is 26.2 Å². The first-order valence-corrected chi connectivity index (χ1v) is 8.86. The van der Waals surface area contributed by atoms with E-state index in [1.807, 2.05) is 4.90 Å². The van der Waals surface area contributed by atoms with E-state index in [9.17, 15) is 13.8 Å². The third kappa shape index (κ3) is 4.01. The lowest BCUT2D eigenvalue weighted by atomic mass is 10.1. The number of nitrogens with two attached hydrogens (primary N) is 1. The summed E-state index contributed by atoms with van der Waals surface area (Å²) in [5.41, 5.74) is 5.57. The predicted octanol–water partition coefficient (Wildman–Crippen LogP) is 0.965. The molecule has 1 aromatic rings. The Bertz CT molecular complexity index is 674. The van der Waals surface area contributed by atoms with Gasteiger partial charge in [0.2, 0.25) is 11.4 Å². The Hall–Kier alpha value is -1.64. The van der Waals surface area contributed by atoms with E-state index in [1.54, 1.807) is 0 Å². The van der Waals surface area contributed by atoms with Crippen LogP contribution in [0.15, 0.2) is 4.79 Å². The standard InChI is InChI=1S/C12H21FN5O4P/c1-12(13,23(20,21)22)5-3-2-4-6-18-7-15-8-9(18)16-11(14)17-10(8)19/h15H,2-7H2,1H3,(H2,20,21,22)(H3,14,16,17,19). The molecule has 0 aromatic carbocycles.